The number of amides is 1. The van der Waals surface area contributed by atoms with Crippen LogP contribution in [0.1, 0.15) is 31.7 Å². The predicted molar refractivity (Wildman–Crippen MR) is 146 cm³/mol. The third-order valence-electron chi connectivity index (χ3n) is 7.65. The average Bonchev–Trinajstić information content (AvgIpc) is 2.95. The van der Waals surface area contributed by atoms with Crippen LogP contribution in [-0.4, -0.2) is 64.2 Å². The molecule has 2 unspecified atom stereocenters. The highest BCUT2D eigenvalue weighted by atomic mass is 16.5. The summed E-state index contributed by atoms with van der Waals surface area (Å²) >= 11 is 0. The zero-order valence-corrected chi connectivity index (χ0v) is 21.7. The maximum Gasteiger partial charge on any atom is 0.260 e. The highest BCUT2D eigenvalue weighted by Gasteiger charge is 2.40. The molecule has 2 fully saturated rings. The first-order valence-electron chi connectivity index (χ1n) is 13.2. The molecule has 8 nitrogen and oxygen atoms in total. The number of carbonyl (C=O) groups excluding carboxylic acids is 1. The number of guanidine groups is 1. The molecule has 2 aromatic carbocycles. The van der Waals surface area contributed by atoms with Crippen molar-refractivity contribution in [2.75, 3.05) is 26.2 Å². The van der Waals surface area contributed by atoms with Gasteiger partial charge in [0, 0.05) is 38.4 Å². The number of benzene rings is 2. The van der Waals surface area contributed by atoms with Gasteiger partial charge in [0.1, 0.15) is 12.0 Å². The Morgan fingerprint density at radius 3 is 2.58 bits per heavy atom. The highest BCUT2D eigenvalue weighted by Crippen LogP contribution is 2.34. The second-order valence-corrected chi connectivity index (χ2v) is 10.4. The molecule has 3 heterocycles. The third-order valence-corrected chi connectivity index (χ3v) is 7.65. The van der Waals surface area contributed by atoms with Crippen LogP contribution < -0.4 is 10.1 Å². The van der Waals surface area contributed by atoms with Crippen molar-refractivity contribution in [2.45, 2.75) is 38.0 Å². The van der Waals surface area contributed by atoms with Gasteiger partial charge < -0.3 is 25.0 Å². The topological polar surface area (TPSA) is 102 Å². The highest BCUT2D eigenvalue weighted by molar-refractivity contribution is 5.79. The minimum Gasteiger partial charge on any atom is -0.484 e. The van der Waals surface area contributed by atoms with Crippen molar-refractivity contribution < 1.29 is 14.6 Å². The molecule has 0 aliphatic carbocycles. The maximum absolute atomic E-state index is 12.6. The number of pyridine rings is 1. The molecule has 2 atom stereocenters. The monoisotopic (exact) mass is 513 g/mol. The number of nitrogens with zero attached hydrogens (tertiary/aromatic N) is 3. The molecule has 1 amide bonds. The van der Waals surface area contributed by atoms with Gasteiger partial charge in [-0.25, -0.2) is 0 Å². The molecule has 8 heteroatoms. The Labute approximate surface area is 223 Å². The van der Waals surface area contributed by atoms with Gasteiger partial charge in [0.2, 0.25) is 0 Å². The van der Waals surface area contributed by atoms with E-state index in [1.54, 1.807) is 11.1 Å². The van der Waals surface area contributed by atoms with E-state index in [1.165, 1.54) is 0 Å². The van der Waals surface area contributed by atoms with Crippen LogP contribution in [0.2, 0.25) is 0 Å². The summed E-state index contributed by atoms with van der Waals surface area (Å²) in [7, 11) is 0. The van der Waals surface area contributed by atoms with Crippen LogP contribution in [0.3, 0.4) is 0 Å². The predicted octanol–water partition coefficient (Wildman–Crippen LogP) is 3.83. The SMILES string of the molecule is CC1(c2cccc(-c3cccnc3)c2)CC(O)N(CC2CCN(C(=O)COc3ccccc3)CC2)C(=N)N1. The number of piperidine rings is 1. The number of para-hydroxylation sites is 1. The minimum absolute atomic E-state index is 0.0102. The minimum atomic E-state index is -0.769. The van der Waals surface area contributed by atoms with Crippen molar-refractivity contribution >= 4 is 11.9 Å². The number of nitrogens with one attached hydrogen (secondary N) is 2. The zero-order chi connectivity index (χ0) is 26.5. The molecule has 5 rings (SSSR count). The Hall–Kier alpha value is -3.91. The molecule has 0 bridgehead atoms. The largest absolute Gasteiger partial charge is 0.484 e. The van der Waals surface area contributed by atoms with Crippen molar-refractivity contribution in [3.63, 3.8) is 0 Å². The lowest BCUT2D eigenvalue weighted by Gasteiger charge is -2.47. The fourth-order valence-corrected chi connectivity index (χ4v) is 5.38. The first-order valence-corrected chi connectivity index (χ1v) is 13.2. The third kappa shape index (κ3) is 5.81. The van der Waals surface area contributed by atoms with Gasteiger partial charge >= 0.3 is 0 Å². The number of aromatic nitrogens is 1. The fourth-order valence-electron chi connectivity index (χ4n) is 5.38. The van der Waals surface area contributed by atoms with Crippen LogP contribution in [0.5, 0.6) is 5.75 Å². The summed E-state index contributed by atoms with van der Waals surface area (Å²) in [6.07, 6.45) is 4.94. The van der Waals surface area contributed by atoms with Crippen molar-refractivity contribution in [3.8, 4) is 16.9 Å². The lowest BCUT2D eigenvalue weighted by atomic mass is 9.84. The number of carbonyl (C=O) groups is 1. The van der Waals surface area contributed by atoms with E-state index in [0.717, 1.165) is 29.5 Å². The first kappa shape index (κ1) is 25.7. The van der Waals surface area contributed by atoms with E-state index in [1.807, 2.05) is 78.7 Å². The fraction of sp³-hybridized carbons (Fsp3) is 0.367. The number of ether oxygens (including phenoxy) is 1. The molecule has 38 heavy (non-hydrogen) atoms. The van der Waals surface area contributed by atoms with Gasteiger partial charge in [-0.05, 0) is 66.6 Å². The van der Waals surface area contributed by atoms with Crippen LogP contribution in [0.4, 0.5) is 0 Å². The summed E-state index contributed by atoms with van der Waals surface area (Å²) in [5.41, 5.74) is 2.53. The Balaban J connectivity index is 1.15. The van der Waals surface area contributed by atoms with E-state index in [0.29, 0.717) is 37.7 Å². The molecule has 198 valence electrons. The van der Waals surface area contributed by atoms with Crippen molar-refractivity contribution in [2.24, 2.45) is 5.92 Å². The Morgan fingerprint density at radius 2 is 1.87 bits per heavy atom. The summed E-state index contributed by atoms with van der Waals surface area (Å²) in [6.45, 7) is 3.97. The number of likely N-dealkylation sites (tertiary alicyclic amines) is 1. The average molecular weight is 514 g/mol. The molecule has 2 aliphatic rings. The maximum atomic E-state index is 12.6. The molecule has 2 saturated heterocycles. The van der Waals surface area contributed by atoms with Gasteiger partial charge in [-0.1, -0.05) is 42.5 Å². The number of aliphatic hydroxyl groups is 1. The molecule has 0 radical (unpaired) electrons. The van der Waals surface area contributed by atoms with Crippen LogP contribution in [0, 0.1) is 11.3 Å². The lowest BCUT2D eigenvalue weighted by Crippen LogP contribution is -2.62. The molecule has 0 saturated carbocycles. The van der Waals surface area contributed by atoms with E-state index in [9.17, 15) is 9.90 Å². The number of hydrogen-bond donors (Lipinski definition) is 3. The Bertz CT molecular complexity index is 1250. The van der Waals surface area contributed by atoms with Crippen molar-refractivity contribution in [1.82, 2.24) is 20.1 Å². The summed E-state index contributed by atoms with van der Waals surface area (Å²) in [4.78, 5) is 20.4. The van der Waals surface area contributed by atoms with E-state index in [4.69, 9.17) is 10.1 Å². The lowest BCUT2D eigenvalue weighted by molar-refractivity contribution is -0.135. The second kappa shape index (κ2) is 11.2. The first-order chi connectivity index (χ1) is 18.4. The van der Waals surface area contributed by atoms with E-state index in [2.05, 4.69) is 16.4 Å². The van der Waals surface area contributed by atoms with E-state index < -0.39 is 11.8 Å². The Kier molecular flexibility index (Phi) is 7.60. The summed E-state index contributed by atoms with van der Waals surface area (Å²) in [5.74, 6) is 1.21. The van der Waals surface area contributed by atoms with E-state index >= 15 is 0 Å². The number of hydrogen-bond acceptors (Lipinski definition) is 5. The smallest absolute Gasteiger partial charge is 0.260 e. The number of rotatable bonds is 7. The normalized spacial score (nSPS) is 22.2. The molecule has 2 aliphatic heterocycles. The van der Waals surface area contributed by atoms with Crippen LogP contribution in [-0.2, 0) is 10.3 Å². The van der Waals surface area contributed by atoms with Gasteiger partial charge in [0.05, 0.1) is 5.54 Å². The summed E-state index contributed by atoms with van der Waals surface area (Å²) < 4.78 is 5.61. The van der Waals surface area contributed by atoms with Gasteiger partial charge in [-0.3, -0.25) is 15.2 Å². The van der Waals surface area contributed by atoms with Gasteiger partial charge in [0.25, 0.3) is 5.91 Å². The molecule has 3 aromatic rings. The molecule has 1 aromatic heterocycles. The quantitative estimate of drug-likeness (QED) is 0.444. The summed E-state index contributed by atoms with van der Waals surface area (Å²) in [5, 5.41) is 23.2. The molecular formula is C30H35N5O3. The Morgan fingerprint density at radius 1 is 1.11 bits per heavy atom. The van der Waals surface area contributed by atoms with Crippen LogP contribution in [0.25, 0.3) is 11.1 Å². The van der Waals surface area contributed by atoms with Crippen molar-refractivity contribution in [3.05, 3.63) is 84.7 Å². The number of aliphatic hydroxyl groups excluding tert-OH is 1. The van der Waals surface area contributed by atoms with Crippen LogP contribution in [0.15, 0.2) is 79.1 Å². The standard InChI is InChI=1S/C30H35N5O3/c1-30(25-9-5-7-23(17-25)24-8-6-14-32-19-24)18-27(36)35(29(31)33-30)20-22-12-15-34(16-13-22)28(37)21-38-26-10-3-2-4-11-26/h2-11,14,17,19,22,27,36H,12-13,15-16,18,20-21H2,1H3,(H2,31,33). The second-order valence-electron chi connectivity index (χ2n) is 10.4. The molecule has 0 spiro atoms. The molecular weight excluding hydrogens is 478 g/mol. The van der Waals surface area contributed by atoms with Crippen molar-refractivity contribution in [1.29, 1.82) is 5.41 Å². The van der Waals surface area contributed by atoms with Gasteiger partial charge in [0.15, 0.2) is 12.6 Å². The summed E-state index contributed by atoms with van der Waals surface area (Å²) in [6, 6.07) is 21.5. The van der Waals surface area contributed by atoms with E-state index in [-0.39, 0.29) is 18.5 Å². The van der Waals surface area contributed by atoms with Gasteiger partial charge in [-0.15, -0.1) is 0 Å². The zero-order valence-electron chi connectivity index (χ0n) is 21.7. The van der Waals surface area contributed by atoms with Crippen LogP contribution >= 0.6 is 0 Å². The van der Waals surface area contributed by atoms with Gasteiger partial charge in [-0.2, -0.15) is 0 Å². The molecule has 3 N–H and O–H groups in total.